The fourth-order valence-electron chi connectivity index (χ4n) is 4.80. The first-order chi connectivity index (χ1) is 18.0. The van der Waals surface area contributed by atoms with Crippen LogP contribution in [0.4, 0.5) is 30.5 Å². The summed E-state index contributed by atoms with van der Waals surface area (Å²) in [7, 11) is 0. The van der Waals surface area contributed by atoms with Crippen molar-refractivity contribution in [1.82, 2.24) is 34.8 Å². The topological polar surface area (TPSA) is 98.0 Å². The number of ether oxygens (including phenoxy) is 1. The number of aromatic nitrogens is 6. The number of halogens is 3. The Bertz CT molecular complexity index is 1410. The third-order valence-electron chi connectivity index (χ3n) is 6.76. The van der Waals surface area contributed by atoms with Gasteiger partial charge in [0.2, 0.25) is 5.95 Å². The molecule has 38 heavy (non-hydrogen) atoms. The maximum absolute atomic E-state index is 15.4. The summed E-state index contributed by atoms with van der Waals surface area (Å²) in [5.74, 6) is -2.35. The molecule has 0 radical (unpaired) electrons. The fourth-order valence-corrected chi connectivity index (χ4v) is 4.80. The molecule has 13 heteroatoms. The first-order valence-electron chi connectivity index (χ1n) is 12.2. The highest BCUT2D eigenvalue weighted by atomic mass is 19.2. The molecule has 2 aliphatic heterocycles. The van der Waals surface area contributed by atoms with Crippen LogP contribution in [0.3, 0.4) is 0 Å². The van der Waals surface area contributed by atoms with E-state index in [-0.39, 0.29) is 25.6 Å². The second-order valence-corrected chi connectivity index (χ2v) is 9.29. The molecule has 202 valence electrons. The predicted molar refractivity (Wildman–Crippen MR) is 137 cm³/mol. The average molecular weight is 530 g/mol. The van der Waals surface area contributed by atoms with E-state index in [0.29, 0.717) is 48.9 Å². The van der Waals surface area contributed by atoms with Crippen molar-refractivity contribution < 1.29 is 17.9 Å². The Kier molecular flexibility index (Phi) is 7.47. The minimum Gasteiger partial charge on any atom is -0.378 e. The number of fused-ring (bicyclic) bond motifs is 1. The normalized spacial score (nSPS) is 17.7. The molecule has 2 aliphatic rings. The van der Waals surface area contributed by atoms with E-state index in [2.05, 4.69) is 30.8 Å². The van der Waals surface area contributed by atoms with Gasteiger partial charge in [0.25, 0.3) is 0 Å². The van der Waals surface area contributed by atoms with Gasteiger partial charge in [0.1, 0.15) is 0 Å². The summed E-state index contributed by atoms with van der Waals surface area (Å²) in [6.07, 6.45) is 7.77. The summed E-state index contributed by atoms with van der Waals surface area (Å²) >= 11 is 0. The Labute approximate surface area is 217 Å². The lowest BCUT2D eigenvalue weighted by Gasteiger charge is -2.29. The number of rotatable bonds is 7. The molecule has 0 aliphatic carbocycles. The molecule has 5 heterocycles. The van der Waals surface area contributed by atoms with Gasteiger partial charge in [-0.1, -0.05) is 7.43 Å². The summed E-state index contributed by atoms with van der Waals surface area (Å²) in [6.45, 7) is 4.05. The summed E-state index contributed by atoms with van der Waals surface area (Å²) in [5.41, 5.74) is 0.671. The third-order valence-corrected chi connectivity index (χ3v) is 6.76. The van der Waals surface area contributed by atoms with Crippen molar-refractivity contribution in [1.29, 1.82) is 0 Å². The lowest BCUT2D eigenvalue weighted by molar-refractivity contribution is 0.122. The third kappa shape index (κ3) is 5.16. The molecule has 3 aromatic heterocycles. The Morgan fingerprint density at radius 1 is 1.08 bits per heavy atom. The van der Waals surface area contributed by atoms with Crippen LogP contribution in [0, 0.1) is 23.4 Å². The molecule has 1 aromatic carbocycles. The van der Waals surface area contributed by atoms with Crippen LogP contribution in [-0.4, -0.2) is 68.9 Å². The number of anilines is 3. The van der Waals surface area contributed by atoms with Crippen LogP contribution in [0.5, 0.6) is 0 Å². The van der Waals surface area contributed by atoms with Crippen LogP contribution in [-0.2, 0) is 17.8 Å². The van der Waals surface area contributed by atoms with Crippen molar-refractivity contribution in [2.75, 3.05) is 49.6 Å². The van der Waals surface area contributed by atoms with E-state index < -0.39 is 23.0 Å². The molecule has 1 atom stereocenters. The quantitative estimate of drug-likeness (QED) is 0.352. The zero-order valence-corrected chi connectivity index (χ0v) is 20.0. The molecule has 0 saturated carbocycles. The van der Waals surface area contributed by atoms with Gasteiger partial charge in [0.15, 0.2) is 23.1 Å². The average Bonchev–Trinajstić information content (AvgIpc) is 3.67. The monoisotopic (exact) mass is 529 g/mol. The SMILES string of the molecule is C.Fc1cc(N2CCOCC2)c(F)c(Cn2ncc3cnc(Nc4cnn(CC5CCNC5)c4)nc32)c1F. The van der Waals surface area contributed by atoms with E-state index in [4.69, 9.17) is 4.74 Å². The number of hydrogen-bond donors (Lipinski definition) is 2. The molecular formula is C25H30F3N9O. The standard InChI is InChI=1S/C24H26F3N9O.CH4/c25-19-7-20(34-3-5-37-6-4-34)22(27)18(21(19)26)14-36-23-16(10-31-36)9-29-24(33-23)32-17-11-30-35(13-17)12-15-1-2-28-8-15;/h7,9-11,13,15,28H,1-6,8,12,14H2,(H,29,32,33);1H4. The van der Waals surface area contributed by atoms with Gasteiger partial charge in [-0.2, -0.15) is 15.2 Å². The molecule has 1 unspecified atom stereocenters. The zero-order chi connectivity index (χ0) is 25.4. The van der Waals surface area contributed by atoms with Crippen molar-refractivity contribution >= 4 is 28.4 Å². The lowest BCUT2D eigenvalue weighted by atomic mass is 10.1. The van der Waals surface area contributed by atoms with Gasteiger partial charge in [0.05, 0.1) is 54.5 Å². The first kappa shape index (κ1) is 25.9. The van der Waals surface area contributed by atoms with Crippen molar-refractivity contribution in [2.24, 2.45) is 5.92 Å². The highest BCUT2D eigenvalue weighted by Crippen LogP contribution is 2.29. The maximum Gasteiger partial charge on any atom is 0.229 e. The summed E-state index contributed by atoms with van der Waals surface area (Å²) in [6, 6.07) is 0.897. The lowest BCUT2D eigenvalue weighted by Crippen LogP contribution is -2.37. The minimum atomic E-state index is -1.24. The Hall–Kier alpha value is -3.71. The predicted octanol–water partition coefficient (Wildman–Crippen LogP) is 3.31. The van der Waals surface area contributed by atoms with Crippen LogP contribution in [0.15, 0.2) is 30.9 Å². The molecule has 0 spiro atoms. The van der Waals surface area contributed by atoms with Crippen LogP contribution >= 0.6 is 0 Å². The smallest absolute Gasteiger partial charge is 0.229 e. The van der Waals surface area contributed by atoms with Gasteiger partial charge in [-0.05, 0) is 25.4 Å². The number of nitrogens with one attached hydrogen (secondary N) is 2. The van der Waals surface area contributed by atoms with Crippen LogP contribution in [0.2, 0.25) is 0 Å². The number of morpholine rings is 1. The highest BCUT2D eigenvalue weighted by Gasteiger charge is 2.24. The van der Waals surface area contributed by atoms with Gasteiger partial charge in [0, 0.05) is 38.1 Å². The fraction of sp³-hybridized carbons (Fsp3) is 0.440. The van der Waals surface area contributed by atoms with Crippen LogP contribution in [0.1, 0.15) is 19.4 Å². The molecule has 6 rings (SSSR count). The maximum atomic E-state index is 15.4. The number of benzene rings is 1. The zero-order valence-electron chi connectivity index (χ0n) is 20.0. The van der Waals surface area contributed by atoms with Gasteiger partial charge < -0.3 is 20.3 Å². The van der Waals surface area contributed by atoms with Crippen LogP contribution in [0.25, 0.3) is 11.0 Å². The van der Waals surface area contributed by atoms with Gasteiger partial charge in [-0.3, -0.25) is 4.68 Å². The summed E-state index contributed by atoms with van der Waals surface area (Å²) in [5, 5.41) is 15.7. The van der Waals surface area contributed by atoms with Gasteiger partial charge in [-0.25, -0.2) is 22.8 Å². The Morgan fingerprint density at radius 2 is 1.92 bits per heavy atom. The van der Waals surface area contributed by atoms with Crippen molar-refractivity contribution in [3.8, 4) is 0 Å². The molecule has 2 fully saturated rings. The van der Waals surface area contributed by atoms with Gasteiger partial charge >= 0.3 is 0 Å². The van der Waals surface area contributed by atoms with Crippen molar-refractivity contribution in [3.05, 3.63) is 53.9 Å². The molecule has 2 saturated heterocycles. The molecule has 0 amide bonds. The van der Waals surface area contributed by atoms with Crippen LogP contribution < -0.4 is 15.5 Å². The number of hydrogen-bond acceptors (Lipinski definition) is 8. The minimum absolute atomic E-state index is 0. The first-order valence-corrected chi connectivity index (χ1v) is 12.2. The molecule has 10 nitrogen and oxygen atoms in total. The second-order valence-electron chi connectivity index (χ2n) is 9.29. The largest absolute Gasteiger partial charge is 0.378 e. The summed E-state index contributed by atoms with van der Waals surface area (Å²) < 4.78 is 53.2. The van der Waals surface area contributed by atoms with E-state index in [9.17, 15) is 8.78 Å². The van der Waals surface area contributed by atoms with Crippen molar-refractivity contribution in [2.45, 2.75) is 26.9 Å². The van der Waals surface area contributed by atoms with E-state index in [1.165, 1.54) is 10.9 Å². The van der Waals surface area contributed by atoms with Crippen molar-refractivity contribution in [3.63, 3.8) is 0 Å². The van der Waals surface area contributed by atoms with E-state index >= 15 is 4.39 Å². The van der Waals surface area contributed by atoms with E-state index in [1.807, 2.05) is 10.9 Å². The molecular weight excluding hydrogens is 499 g/mol. The Balaban J connectivity index is 0.00000294. The van der Waals surface area contributed by atoms with E-state index in [0.717, 1.165) is 32.1 Å². The molecule has 2 N–H and O–H groups in total. The highest BCUT2D eigenvalue weighted by molar-refractivity contribution is 5.75. The van der Waals surface area contributed by atoms with E-state index in [1.54, 1.807) is 17.3 Å². The second kappa shape index (κ2) is 11.0. The Morgan fingerprint density at radius 3 is 2.71 bits per heavy atom. The number of nitrogens with zero attached hydrogens (tertiary/aromatic N) is 7. The summed E-state index contributed by atoms with van der Waals surface area (Å²) in [4.78, 5) is 10.5. The molecule has 0 bridgehead atoms. The van der Waals surface area contributed by atoms with Gasteiger partial charge in [-0.15, -0.1) is 0 Å². The molecule has 4 aromatic rings.